The van der Waals surface area contributed by atoms with E-state index in [1.807, 2.05) is 6.92 Å². The van der Waals surface area contributed by atoms with Gasteiger partial charge in [-0.05, 0) is 45.4 Å². The van der Waals surface area contributed by atoms with E-state index in [0.29, 0.717) is 12.8 Å². The Kier molecular flexibility index (Phi) is 2.74. The van der Waals surface area contributed by atoms with E-state index < -0.39 is 11.5 Å². The minimum atomic E-state index is -0.979. The van der Waals surface area contributed by atoms with Crippen LogP contribution in [-0.2, 0) is 9.59 Å². The Hall–Kier alpha value is -1.32. The lowest BCUT2D eigenvalue weighted by Gasteiger charge is -2.38. The largest absolute Gasteiger partial charge is 0.480 e. The van der Waals surface area contributed by atoms with Gasteiger partial charge in [-0.2, -0.15) is 0 Å². The monoisotopic (exact) mass is 223 g/mol. The second-order valence-electron chi connectivity index (χ2n) is 4.81. The first-order valence-corrected chi connectivity index (χ1v) is 5.80. The highest BCUT2D eigenvalue weighted by molar-refractivity contribution is 5.98. The number of nitrogens with one attached hydrogen (secondary N) is 1. The van der Waals surface area contributed by atoms with Crippen LogP contribution in [0.2, 0.25) is 0 Å². The second-order valence-corrected chi connectivity index (χ2v) is 4.81. The molecule has 0 spiro atoms. The Morgan fingerprint density at radius 3 is 2.31 bits per heavy atom. The predicted molar refractivity (Wildman–Crippen MR) is 58.9 cm³/mol. The molecule has 2 aliphatic rings. The highest BCUT2D eigenvalue weighted by Gasteiger charge is 2.46. The molecular weight excluding hydrogens is 206 g/mol. The van der Waals surface area contributed by atoms with Crippen molar-refractivity contribution in [2.45, 2.75) is 51.0 Å². The van der Waals surface area contributed by atoms with E-state index in [1.165, 1.54) is 0 Å². The normalized spacial score (nSPS) is 22.8. The molecule has 2 rings (SSSR count). The molecule has 2 aliphatic carbocycles. The third-order valence-corrected chi connectivity index (χ3v) is 3.74. The molecular formula is C12H17NO3. The summed E-state index contributed by atoms with van der Waals surface area (Å²) in [5.41, 5.74) is 0.928. The number of aliphatic carboxylic acids is 1. The number of hydrogen-bond acceptors (Lipinski definition) is 2. The maximum Gasteiger partial charge on any atom is 0.329 e. The Balaban J connectivity index is 2.07. The second kappa shape index (κ2) is 3.92. The molecule has 0 aliphatic heterocycles. The first kappa shape index (κ1) is 11.2. The molecule has 0 bridgehead atoms. The Bertz CT molecular complexity index is 366. The highest BCUT2D eigenvalue weighted by Crippen LogP contribution is 2.33. The molecule has 88 valence electrons. The molecule has 0 saturated heterocycles. The number of carbonyl (C=O) groups is 2. The molecule has 0 aromatic rings. The number of hydrogen-bond donors (Lipinski definition) is 2. The van der Waals surface area contributed by atoms with Crippen LogP contribution in [-0.4, -0.2) is 22.5 Å². The van der Waals surface area contributed by atoms with Crippen molar-refractivity contribution in [2.75, 3.05) is 0 Å². The summed E-state index contributed by atoms with van der Waals surface area (Å²) in [6.07, 6.45) is 4.75. The molecule has 1 amide bonds. The molecule has 2 N–H and O–H groups in total. The summed E-state index contributed by atoms with van der Waals surface area (Å²) in [5.74, 6) is -1.07. The molecule has 0 atom stereocenters. The van der Waals surface area contributed by atoms with E-state index in [9.17, 15) is 9.59 Å². The summed E-state index contributed by atoms with van der Waals surface area (Å²) in [4.78, 5) is 23.0. The lowest BCUT2D eigenvalue weighted by Crippen LogP contribution is -2.59. The van der Waals surface area contributed by atoms with Gasteiger partial charge < -0.3 is 10.4 Å². The van der Waals surface area contributed by atoms with E-state index >= 15 is 0 Å². The van der Waals surface area contributed by atoms with Gasteiger partial charge in [-0.15, -0.1) is 0 Å². The van der Waals surface area contributed by atoms with Crippen LogP contribution in [0.5, 0.6) is 0 Å². The Labute approximate surface area is 94.7 Å². The molecule has 0 unspecified atom stereocenters. The van der Waals surface area contributed by atoms with E-state index in [-0.39, 0.29) is 5.91 Å². The molecule has 0 aromatic heterocycles. The van der Waals surface area contributed by atoms with Gasteiger partial charge in [0.25, 0.3) is 0 Å². The van der Waals surface area contributed by atoms with Crippen molar-refractivity contribution in [3.05, 3.63) is 11.1 Å². The first-order chi connectivity index (χ1) is 7.55. The minimum absolute atomic E-state index is 0.169. The zero-order chi connectivity index (χ0) is 11.8. The van der Waals surface area contributed by atoms with Gasteiger partial charge >= 0.3 is 5.97 Å². The van der Waals surface area contributed by atoms with E-state index in [4.69, 9.17) is 5.11 Å². The van der Waals surface area contributed by atoms with Gasteiger partial charge in [0.15, 0.2) is 0 Å². The summed E-state index contributed by atoms with van der Waals surface area (Å²) >= 11 is 0. The maximum atomic E-state index is 11.9. The van der Waals surface area contributed by atoms with E-state index in [0.717, 1.165) is 36.8 Å². The molecule has 0 aromatic carbocycles. The molecule has 4 nitrogen and oxygen atoms in total. The molecule has 4 heteroatoms. The van der Waals surface area contributed by atoms with Crippen LogP contribution in [0, 0.1) is 0 Å². The standard InChI is InChI=1S/C12H17NO3/c1-8-4-2-5-9(8)10(14)13-12(11(15)16)6-3-7-12/h2-7H2,1H3,(H,13,14)(H,15,16). The SMILES string of the molecule is CC1=C(C(=O)NC2(C(=O)O)CCC2)CCC1. The zero-order valence-electron chi connectivity index (χ0n) is 9.51. The lowest BCUT2D eigenvalue weighted by atomic mass is 9.76. The smallest absolute Gasteiger partial charge is 0.329 e. The van der Waals surface area contributed by atoms with Crippen LogP contribution >= 0.6 is 0 Å². The number of carbonyl (C=O) groups excluding carboxylic acids is 1. The van der Waals surface area contributed by atoms with Crippen molar-refractivity contribution < 1.29 is 14.7 Å². The number of rotatable bonds is 3. The molecule has 1 fully saturated rings. The van der Waals surface area contributed by atoms with Crippen molar-refractivity contribution >= 4 is 11.9 Å². The maximum absolute atomic E-state index is 11.9. The highest BCUT2D eigenvalue weighted by atomic mass is 16.4. The fourth-order valence-corrected chi connectivity index (χ4v) is 2.42. The minimum Gasteiger partial charge on any atom is -0.480 e. The van der Waals surface area contributed by atoms with Crippen molar-refractivity contribution in [3.63, 3.8) is 0 Å². The van der Waals surface area contributed by atoms with Gasteiger partial charge in [0.05, 0.1) is 0 Å². The van der Waals surface area contributed by atoms with Crippen LogP contribution in [0.25, 0.3) is 0 Å². The summed E-state index contributed by atoms with van der Waals surface area (Å²) < 4.78 is 0. The third-order valence-electron chi connectivity index (χ3n) is 3.74. The number of carboxylic acids is 1. The van der Waals surface area contributed by atoms with Crippen molar-refractivity contribution in [2.24, 2.45) is 0 Å². The van der Waals surface area contributed by atoms with Crippen molar-refractivity contribution in [1.29, 1.82) is 0 Å². The summed E-state index contributed by atoms with van der Waals surface area (Å²) in [6.45, 7) is 1.95. The summed E-state index contributed by atoms with van der Waals surface area (Å²) in [7, 11) is 0. The van der Waals surface area contributed by atoms with Gasteiger partial charge in [-0.3, -0.25) is 4.79 Å². The lowest BCUT2D eigenvalue weighted by molar-refractivity contribution is -0.151. The van der Waals surface area contributed by atoms with E-state index in [2.05, 4.69) is 5.32 Å². The van der Waals surface area contributed by atoms with Crippen LogP contribution in [0.1, 0.15) is 45.4 Å². The van der Waals surface area contributed by atoms with Crippen LogP contribution in [0.15, 0.2) is 11.1 Å². The van der Waals surface area contributed by atoms with Gasteiger partial charge in [-0.25, -0.2) is 4.79 Å². The van der Waals surface area contributed by atoms with Crippen molar-refractivity contribution in [3.8, 4) is 0 Å². The van der Waals surface area contributed by atoms with E-state index in [1.54, 1.807) is 0 Å². The van der Waals surface area contributed by atoms with Crippen molar-refractivity contribution in [1.82, 2.24) is 5.32 Å². The van der Waals surface area contributed by atoms with Gasteiger partial charge in [0.1, 0.15) is 5.54 Å². The van der Waals surface area contributed by atoms with Crippen LogP contribution in [0.4, 0.5) is 0 Å². The van der Waals surface area contributed by atoms with Gasteiger partial charge in [0, 0.05) is 5.57 Å². The number of amides is 1. The summed E-state index contributed by atoms with van der Waals surface area (Å²) in [5, 5.41) is 11.8. The van der Waals surface area contributed by atoms with Crippen LogP contribution < -0.4 is 5.32 Å². The fraction of sp³-hybridized carbons (Fsp3) is 0.667. The van der Waals surface area contributed by atoms with Crippen LogP contribution in [0.3, 0.4) is 0 Å². The summed E-state index contributed by atoms with van der Waals surface area (Å²) in [6, 6.07) is 0. The fourth-order valence-electron chi connectivity index (χ4n) is 2.42. The third kappa shape index (κ3) is 1.72. The number of allylic oxidation sites excluding steroid dienone is 1. The number of carboxylic acid groups (broad SMARTS) is 1. The quantitative estimate of drug-likeness (QED) is 0.763. The average molecular weight is 223 g/mol. The average Bonchev–Trinajstić information content (AvgIpc) is 2.57. The molecule has 0 heterocycles. The topological polar surface area (TPSA) is 66.4 Å². The van der Waals surface area contributed by atoms with Gasteiger partial charge in [-0.1, -0.05) is 5.57 Å². The first-order valence-electron chi connectivity index (χ1n) is 5.80. The molecule has 1 saturated carbocycles. The van der Waals surface area contributed by atoms with Gasteiger partial charge in [0.2, 0.25) is 5.91 Å². The molecule has 16 heavy (non-hydrogen) atoms. The molecule has 0 radical (unpaired) electrons. The predicted octanol–water partition coefficient (Wildman–Crippen LogP) is 1.61. The zero-order valence-corrected chi connectivity index (χ0v) is 9.51. The Morgan fingerprint density at radius 1 is 1.25 bits per heavy atom. The Morgan fingerprint density at radius 2 is 1.94 bits per heavy atom.